The molecule has 0 unspecified atom stereocenters. The zero-order valence-electron chi connectivity index (χ0n) is 11.1. The van der Waals surface area contributed by atoms with Crippen molar-refractivity contribution in [2.45, 2.75) is 32.7 Å². The van der Waals surface area contributed by atoms with Gasteiger partial charge in [0, 0.05) is 18.2 Å². The molecule has 5 heteroatoms. The van der Waals surface area contributed by atoms with Crippen molar-refractivity contribution in [3.05, 3.63) is 29.3 Å². The van der Waals surface area contributed by atoms with Crippen LogP contribution < -0.4 is 10.6 Å². The summed E-state index contributed by atoms with van der Waals surface area (Å²) in [6.07, 6.45) is 0.763. The molecular formula is C13H18F2N2S. The van der Waals surface area contributed by atoms with Crippen molar-refractivity contribution in [3.63, 3.8) is 0 Å². The molecule has 0 spiro atoms. The highest BCUT2D eigenvalue weighted by molar-refractivity contribution is 7.80. The van der Waals surface area contributed by atoms with Crippen molar-refractivity contribution in [1.29, 1.82) is 0 Å². The number of benzene rings is 1. The lowest BCUT2D eigenvalue weighted by Gasteiger charge is -2.37. The van der Waals surface area contributed by atoms with Gasteiger partial charge in [0.05, 0.1) is 0 Å². The molecule has 0 bridgehead atoms. The molecule has 0 saturated carbocycles. The van der Waals surface area contributed by atoms with Crippen LogP contribution in [0.5, 0.6) is 0 Å². The third-order valence-electron chi connectivity index (χ3n) is 3.41. The van der Waals surface area contributed by atoms with Crippen molar-refractivity contribution in [2.75, 3.05) is 11.9 Å². The standard InChI is InChI=1S/C13H18F2N2S/c1-5-13(2,3)17(4)11-9(14)6-8(12(16)18)7-10(11)15/h6-7H,5H2,1-4H3,(H2,16,18). The van der Waals surface area contributed by atoms with Gasteiger partial charge in [0.2, 0.25) is 0 Å². The molecule has 0 saturated heterocycles. The largest absolute Gasteiger partial charge is 0.389 e. The second kappa shape index (κ2) is 5.18. The minimum absolute atomic E-state index is 0.0169. The van der Waals surface area contributed by atoms with Gasteiger partial charge in [-0.1, -0.05) is 19.1 Å². The smallest absolute Gasteiger partial charge is 0.150 e. The van der Waals surface area contributed by atoms with Crippen LogP contribution in [0.15, 0.2) is 12.1 Å². The van der Waals surface area contributed by atoms with E-state index >= 15 is 0 Å². The number of halogens is 2. The lowest BCUT2D eigenvalue weighted by molar-refractivity contribution is 0.452. The molecular weight excluding hydrogens is 254 g/mol. The Bertz CT molecular complexity index is 449. The second-order valence-electron chi connectivity index (χ2n) is 4.88. The van der Waals surface area contributed by atoms with Gasteiger partial charge >= 0.3 is 0 Å². The number of thiocarbonyl (C=S) groups is 1. The van der Waals surface area contributed by atoms with E-state index in [1.54, 1.807) is 11.9 Å². The normalized spacial score (nSPS) is 11.4. The molecule has 0 amide bonds. The van der Waals surface area contributed by atoms with Crippen molar-refractivity contribution in [2.24, 2.45) is 5.73 Å². The molecule has 0 aliphatic carbocycles. The van der Waals surface area contributed by atoms with Gasteiger partial charge in [-0.15, -0.1) is 0 Å². The maximum absolute atomic E-state index is 14.0. The van der Waals surface area contributed by atoms with E-state index in [-0.39, 0.29) is 21.8 Å². The zero-order chi connectivity index (χ0) is 14.1. The van der Waals surface area contributed by atoms with E-state index in [2.05, 4.69) is 0 Å². The monoisotopic (exact) mass is 272 g/mol. The third kappa shape index (κ3) is 2.77. The first-order chi connectivity index (χ1) is 8.20. The lowest BCUT2D eigenvalue weighted by Crippen LogP contribution is -2.41. The Kier molecular flexibility index (Phi) is 4.27. The average Bonchev–Trinajstić information content (AvgIpc) is 2.27. The van der Waals surface area contributed by atoms with Gasteiger partial charge in [-0.3, -0.25) is 0 Å². The van der Waals surface area contributed by atoms with Gasteiger partial charge in [-0.05, 0) is 32.4 Å². The highest BCUT2D eigenvalue weighted by Crippen LogP contribution is 2.30. The molecule has 1 rings (SSSR count). The van der Waals surface area contributed by atoms with Gasteiger partial charge < -0.3 is 10.6 Å². The maximum Gasteiger partial charge on any atom is 0.150 e. The van der Waals surface area contributed by atoms with E-state index < -0.39 is 11.6 Å². The summed E-state index contributed by atoms with van der Waals surface area (Å²) in [6, 6.07) is 2.34. The fourth-order valence-electron chi connectivity index (χ4n) is 1.57. The first-order valence-corrected chi connectivity index (χ1v) is 6.14. The molecule has 2 nitrogen and oxygen atoms in total. The van der Waals surface area contributed by atoms with E-state index in [1.807, 2.05) is 20.8 Å². The highest BCUT2D eigenvalue weighted by Gasteiger charge is 2.26. The van der Waals surface area contributed by atoms with Crippen molar-refractivity contribution < 1.29 is 8.78 Å². The van der Waals surface area contributed by atoms with Crippen molar-refractivity contribution in [3.8, 4) is 0 Å². The summed E-state index contributed by atoms with van der Waals surface area (Å²) in [5.41, 5.74) is 5.18. The van der Waals surface area contributed by atoms with Crippen molar-refractivity contribution in [1.82, 2.24) is 0 Å². The summed E-state index contributed by atoms with van der Waals surface area (Å²) in [7, 11) is 1.67. The molecule has 0 aliphatic heterocycles. The Morgan fingerprint density at radius 1 is 1.33 bits per heavy atom. The van der Waals surface area contributed by atoms with Gasteiger partial charge in [-0.25, -0.2) is 8.78 Å². The van der Waals surface area contributed by atoms with Gasteiger partial charge in [0.25, 0.3) is 0 Å². The summed E-state index contributed by atoms with van der Waals surface area (Å²) >= 11 is 4.72. The molecule has 100 valence electrons. The summed E-state index contributed by atoms with van der Waals surface area (Å²) in [4.78, 5) is 1.58. The number of nitrogens with two attached hydrogens (primary N) is 1. The fourth-order valence-corrected chi connectivity index (χ4v) is 1.69. The van der Waals surface area contributed by atoms with Crippen LogP contribution in [0.1, 0.15) is 32.8 Å². The number of hydrogen-bond donors (Lipinski definition) is 1. The van der Waals surface area contributed by atoms with Crippen LogP contribution in [-0.2, 0) is 0 Å². The van der Waals surface area contributed by atoms with Gasteiger partial charge in [0.1, 0.15) is 22.3 Å². The van der Waals surface area contributed by atoms with Gasteiger partial charge in [-0.2, -0.15) is 0 Å². The minimum Gasteiger partial charge on any atom is -0.389 e. The Balaban J connectivity index is 3.31. The van der Waals surface area contributed by atoms with Crippen LogP contribution in [0.3, 0.4) is 0 Å². The van der Waals surface area contributed by atoms with E-state index in [0.29, 0.717) is 0 Å². The lowest BCUT2D eigenvalue weighted by atomic mass is 9.98. The predicted molar refractivity (Wildman–Crippen MR) is 75.0 cm³/mol. The summed E-state index contributed by atoms with van der Waals surface area (Å²) < 4.78 is 28.0. The maximum atomic E-state index is 14.0. The minimum atomic E-state index is -0.651. The molecule has 1 aromatic rings. The first-order valence-electron chi connectivity index (χ1n) is 5.73. The Morgan fingerprint density at radius 2 is 1.78 bits per heavy atom. The van der Waals surface area contributed by atoms with Crippen LogP contribution >= 0.6 is 12.2 Å². The molecule has 0 atom stereocenters. The Morgan fingerprint density at radius 3 is 2.11 bits per heavy atom. The number of hydrogen-bond acceptors (Lipinski definition) is 2. The fraction of sp³-hybridized carbons (Fsp3) is 0.462. The van der Waals surface area contributed by atoms with E-state index in [0.717, 1.165) is 6.42 Å². The van der Waals surface area contributed by atoms with Crippen LogP contribution in [0.25, 0.3) is 0 Å². The molecule has 0 aliphatic rings. The van der Waals surface area contributed by atoms with Crippen LogP contribution in [0.4, 0.5) is 14.5 Å². The number of nitrogens with zero attached hydrogens (tertiary/aromatic N) is 1. The van der Waals surface area contributed by atoms with Gasteiger partial charge in [0.15, 0.2) is 0 Å². The number of rotatable bonds is 4. The SMILES string of the molecule is CCC(C)(C)N(C)c1c(F)cc(C(N)=S)cc1F. The summed E-state index contributed by atoms with van der Waals surface area (Å²) in [6.45, 7) is 5.82. The average molecular weight is 272 g/mol. The van der Waals surface area contributed by atoms with Crippen LogP contribution in [-0.4, -0.2) is 17.6 Å². The Labute approximate surface area is 112 Å². The van der Waals surface area contributed by atoms with E-state index in [9.17, 15) is 8.78 Å². The summed E-state index contributed by atoms with van der Waals surface area (Å²) in [5.74, 6) is -1.30. The molecule has 1 aromatic carbocycles. The van der Waals surface area contributed by atoms with Crippen LogP contribution in [0, 0.1) is 11.6 Å². The zero-order valence-corrected chi connectivity index (χ0v) is 11.9. The quantitative estimate of drug-likeness (QED) is 0.853. The molecule has 0 heterocycles. The molecule has 0 fully saturated rings. The van der Waals surface area contributed by atoms with E-state index in [4.69, 9.17) is 18.0 Å². The third-order valence-corrected chi connectivity index (χ3v) is 3.65. The van der Waals surface area contributed by atoms with E-state index in [1.165, 1.54) is 12.1 Å². The molecule has 0 aromatic heterocycles. The topological polar surface area (TPSA) is 29.3 Å². The Hall–Kier alpha value is -1.23. The second-order valence-corrected chi connectivity index (χ2v) is 5.32. The highest BCUT2D eigenvalue weighted by atomic mass is 32.1. The molecule has 0 radical (unpaired) electrons. The van der Waals surface area contributed by atoms with Crippen molar-refractivity contribution >= 4 is 22.9 Å². The molecule has 2 N–H and O–H groups in total. The predicted octanol–water partition coefficient (Wildman–Crippen LogP) is 3.22. The first kappa shape index (κ1) is 14.8. The summed E-state index contributed by atoms with van der Waals surface area (Å²) in [5, 5.41) is 0. The number of anilines is 1. The molecule has 18 heavy (non-hydrogen) atoms. The van der Waals surface area contributed by atoms with Crippen LogP contribution in [0.2, 0.25) is 0 Å².